The van der Waals surface area contributed by atoms with Gasteiger partial charge in [-0.15, -0.1) is 0 Å². The second-order valence-electron chi connectivity index (χ2n) is 5.61. The summed E-state index contributed by atoms with van der Waals surface area (Å²) in [7, 11) is 3.27. The first-order valence-corrected chi connectivity index (χ1v) is 9.79. The van der Waals surface area contributed by atoms with Crippen molar-refractivity contribution in [1.29, 1.82) is 0 Å². The average Bonchev–Trinajstić information content (AvgIpc) is 3.00. The molecule has 26 heavy (non-hydrogen) atoms. The molecular weight excluding hydrogens is 416 g/mol. The van der Waals surface area contributed by atoms with E-state index in [1.165, 1.54) is 11.3 Å². The summed E-state index contributed by atoms with van der Waals surface area (Å²) in [4.78, 5) is 17.6. The Balaban J connectivity index is 2.22. The molecule has 2 aromatic carbocycles. The number of nitrogens with zero attached hydrogens (tertiary/aromatic N) is 2. The van der Waals surface area contributed by atoms with E-state index in [9.17, 15) is 4.79 Å². The lowest BCUT2D eigenvalue weighted by molar-refractivity contribution is 0.0998. The first kappa shape index (κ1) is 18.7. The van der Waals surface area contributed by atoms with Gasteiger partial charge in [-0.2, -0.15) is 4.99 Å². The van der Waals surface area contributed by atoms with Gasteiger partial charge in [0.05, 0.1) is 14.2 Å². The van der Waals surface area contributed by atoms with E-state index in [1.54, 1.807) is 26.4 Å². The summed E-state index contributed by atoms with van der Waals surface area (Å²) in [5, 5.41) is 0. The number of thiazole rings is 1. The van der Waals surface area contributed by atoms with Crippen LogP contribution < -0.4 is 14.3 Å². The number of carbonyl (C=O) groups is 1. The van der Waals surface area contributed by atoms with Crippen molar-refractivity contribution in [3.8, 4) is 11.5 Å². The molecule has 1 aromatic heterocycles. The molecule has 0 saturated carbocycles. The molecule has 3 aromatic rings. The minimum atomic E-state index is -0.271. The molecule has 0 fully saturated rings. The van der Waals surface area contributed by atoms with Gasteiger partial charge >= 0.3 is 0 Å². The van der Waals surface area contributed by atoms with Crippen molar-refractivity contribution in [1.82, 2.24) is 4.57 Å². The van der Waals surface area contributed by atoms with E-state index < -0.39 is 0 Å². The minimum Gasteiger partial charge on any atom is -0.495 e. The molecule has 0 radical (unpaired) electrons. The molecule has 0 unspecified atom stereocenters. The van der Waals surface area contributed by atoms with E-state index in [1.807, 2.05) is 28.8 Å². The zero-order chi connectivity index (χ0) is 18.7. The number of amides is 1. The molecule has 0 bridgehead atoms. The van der Waals surface area contributed by atoms with Crippen molar-refractivity contribution >= 4 is 43.4 Å². The van der Waals surface area contributed by atoms with Gasteiger partial charge in [0.2, 0.25) is 0 Å². The van der Waals surface area contributed by atoms with E-state index in [0.29, 0.717) is 10.4 Å². The van der Waals surface area contributed by atoms with Gasteiger partial charge < -0.3 is 14.0 Å². The first-order valence-electron chi connectivity index (χ1n) is 8.18. The number of hydrogen-bond acceptors (Lipinski definition) is 4. The molecule has 1 heterocycles. The third kappa shape index (κ3) is 3.54. The predicted octanol–water partition coefficient (Wildman–Crippen LogP) is 4.63. The Morgan fingerprint density at radius 3 is 2.38 bits per heavy atom. The highest BCUT2D eigenvalue weighted by Gasteiger charge is 2.16. The fourth-order valence-corrected chi connectivity index (χ4v) is 4.14. The number of halogens is 1. The van der Waals surface area contributed by atoms with Crippen LogP contribution in [-0.4, -0.2) is 24.7 Å². The van der Waals surface area contributed by atoms with Crippen LogP contribution in [0.2, 0.25) is 0 Å². The lowest BCUT2D eigenvalue weighted by Crippen LogP contribution is -2.17. The molecule has 0 saturated heterocycles. The van der Waals surface area contributed by atoms with Crippen molar-refractivity contribution in [3.05, 3.63) is 51.2 Å². The van der Waals surface area contributed by atoms with Gasteiger partial charge in [-0.3, -0.25) is 4.79 Å². The van der Waals surface area contributed by atoms with Gasteiger partial charge in [0.15, 0.2) is 4.80 Å². The van der Waals surface area contributed by atoms with Crippen molar-refractivity contribution in [2.24, 2.45) is 4.99 Å². The van der Waals surface area contributed by atoms with Crippen LogP contribution in [0.3, 0.4) is 0 Å². The normalized spacial score (nSPS) is 11.8. The molecule has 0 aliphatic heterocycles. The standard InChI is InChI=1S/C19H19BrN2O3S/c1-4-11-22-16-14(24-2)9-10-15(25-3)17(16)26-19(22)21-18(23)12-5-7-13(20)8-6-12/h5-10H,4,11H2,1-3H3. The molecule has 136 valence electrons. The maximum absolute atomic E-state index is 12.6. The summed E-state index contributed by atoms with van der Waals surface area (Å²) in [5.41, 5.74) is 1.45. The number of benzene rings is 2. The Morgan fingerprint density at radius 2 is 1.77 bits per heavy atom. The maximum Gasteiger partial charge on any atom is 0.279 e. The number of ether oxygens (including phenoxy) is 2. The molecule has 0 N–H and O–H groups in total. The fraction of sp³-hybridized carbons (Fsp3) is 0.263. The molecule has 0 atom stereocenters. The van der Waals surface area contributed by atoms with Crippen LogP contribution in [0, 0.1) is 0 Å². The minimum absolute atomic E-state index is 0.271. The van der Waals surface area contributed by atoms with Crippen LogP contribution in [0.4, 0.5) is 0 Å². The summed E-state index contributed by atoms with van der Waals surface area (Å²) in [5.74, 6) is 1.21. The van der Waals surface area contributed by atoms with Crippen LogP contribution >= 0.6 is 27.3 Å². The number of rotatable bonds is 5. The van der Waals surface area contributed by atoms with Crippen LogP contribution in [0.5, 0.6) is 11.5 Å². The second kappa shape index (κ2) is 8.05. The monoisotopic (exact) mass is 434 g/mol. The largest absolute Gasteiger partial charge is 0.495 e. The van der Waals surface area contributed by atoms with E-state index in [-0.39, 0.29) is 5.91 Å². The van der Waals surface area contributed by atoms with Gasteiger partial charge in [-0.25, -0.2) is 0 Å². The molecule has 0 aliphatic carbocycles. The quantitative estimate of drug-likeness (QED) is 0.587. The highest BCUT2D eigenvalue weighted by Crippen LogP contribution is 2.35. The molecule has 3 rings (SSSR count). The van der Waals surface area contributed by atoms with Gasteiger partial charge in [0, 0.05) is 16.6 Å². The molecule has 0 aliphatic rings. The smallest absolute Gasteiger partial charge is 0.279 e. The summed E-state index contributed by atoms with van der Waals surface area (Å²) >= 11 is 4.81. The molecule has 1 amide bonds. The Morgan fingerprint density at radius 1 is 1.12 bits per heavy atom. The van der Waals surface area contributed by atoms with Crippen molar-refractivity contribution in [2.75, 3.05) is 14.2 Å². The lowest BCUT2D eigenvalue weighted by Gasteiger charge is -2.09. The average molecular weight is 435 g/mol. The summed E-state index contributed by atoms with van der Waals surface area (Å²) in [6.45, 7) is 2.82. The number of aromatic nitrogens is 1. The topological polar surface area (TPSA) is 52.8 Å². The van der Waals surface area contributed by atoms with Crippen molar-refractivity contribution in [3.63, 3.8) is 0 Å². The third-order valence-electron chi connectivity index (χ3n) is 3.93. The van der Waals surface area contributed by atoms with Crippen molar-refractivity contribution in [2.45, 2.75) is 19.9 Å². The van der Waals surface area contributed by atoms with Crippen LogP contribution in [0.1, 0.15) is 23.7 Å². The zero-order valence-electron chi connectivity index (χ0n) is 14.8. The third-order valence-corrected chi connectivity index (χ3v) is 5.55. The summed E-state index contributed by atoms with van der Waals surface area (Å²) in [6, 6.07) is 10.9. The summed E-state index contributed by atoms with van der Waals surface area (Å²) < 4.78 is 14.9. The maximum atomic E-state index is 12.6. The van der Waals surface area contributed by atoms with E-state index in [2.05, 4.69) is 27.8 Å². The Bertz CT molecular complexity index is 1010. The van der Waals surface area contributed by atoms with Crippen LogP contribution in [0.15, 0.2) is 45.9 Å². The lowest BCUT2D eigenvalue weighted by atomic mass is 10.2. The van der Waals surface area contributed by atoms with Crippen LogP contribution in [-0.2, 0) is 6.54 Å². The number of fused-ring (bicyclic) bond motifs is 1. The van der Waals surface area contributed by atoms with E-state index in [4.69, 9.17) is 9.47 Å². The molecular formula is C19H19BrN2O3S. The second-order valence-corrected chi connectivity index (χ2v) is 7.50. The number of carbonyl (C=O) groups excluding carboxylic acids is 1. The number of methoxy groups -OCH3 is 2. The van der Waals surface area contributed by atoms with Gasteiger partial charge in [0.25, 0.3) is 5.91 Å². The van der Waals surface area contributed by atoms with Gasteiger partial charge in [0.1, 0.15) is 21.7 Å². The Kier molecular flexibility index (Phi) is 5.78. The molecule has 7 heteroatoms. The highest BCUT2D eigenvalue weighted by atomic mass is 79.9. The van der Waals surface area contributed by atoms with Gasteiger partial charge in [-0.05, 0) is 42.8 Å². The summed E-state index contributed by atoms with van der Waals surface area (Å²) in [6.07, 6.45) is 0.909. The first-order chi connectivity index (χ1) is 12.6. The molecule has 5 nitrogen and oxygen atoms in total. The van der Waals surface area contributed by atoms with E-state index >= 15 is 0 Å². The number of aryl methyl sites for hydroxylation is 1. The zero-order valence-corrected chi connectivity index (χ0v) is 17.2. The fourth-order valence-electron chi connectivity index (χ4n) is 2.71. The van der Waals surface area contributed by atoms with Gasteiger partial charge in [-0.1, -0.05) is 34.2 Å². The van der Waals surface area contributed by atoms with Crippen LogP contribution in [0.25, 0.3) is 10.2 Å². The highest BCUT2D eigenvalue weighted by molar-refractivity contribution is 9.10. The molecule has 0 spiro atoms. The SMILES string of the molecule is CCCn1c(=NC(=O)c2ccc(Br)cc2)sc2c(OC)ccc(OC)c21. The van der Waals surface area contributed by atoms with Crippen molar-refractivity contribution < 1.29 is 14.3 Å². The van der Waals surface area contributed by atoms with E-state index in [0.717, 1.165) is 39.2 Å². The Hall–Kier alpha value is -2.12. The predicted molar refractivity (Wildman–Crippen MR) is 107 cm³/mol. The Labute approximate surface area is 164 Å². The number of hydrogen-bond donors (Lipinski definition) is 0.